The highest BCUT2D eigenvalue weighted by Crippen LogP contribution is 2.26. The molecule has 0 radical (unpaired) electrons. The number of aliphatic carboxylic acids is 1. The second kappa shape index (κ2) is 7.75. The molecule has 2 rings (SSSR count). The summed E-state index contributed by atoms with van der Waals surface area (Å²) in [5.41, 5.74) is 0.332. The second-order valence-electron chi connectivity index (χ2n) is 5.52. The molecule has 0 aliphatic rings. The standard InChI is InChI=1S/C19H21NO4/c1-3-19(18(22)23,16-10-5-4-6-11-16)20-17(21)15-9-7-8-14(12-15)13-24-2/h4-12H,3,13H2,1-2H3,(H,20,21)(H,22,23). The number of carbonyl (C=O) groups is 2. The molecule has 2 aromatic carbocycles. The van der Waals surface area contributed by atoms with Gasteiger partial charge in [0.1, 0.15) is 0 Å². The third-order valence-electron chi connectivity index (χ3n) is 3.99. The smallest absolute Gasteiger partial charge is 0.334 e. The lowest BCUT2D eigenvalue weighted by atomic mass is 9.87. The SMILES string of the molecule is CCC(NC(=O)c1cccc(COC)c1)(C(=O)O)c1ccccc1. The predicted molar refractivity (Wildman–Crippen MR) is 90.7 cm³/mol. The number of benzene rings is 2. The maximum Gasteiger partial charge on any atom is 0.334 e. The van der Waals surface area contributed by atoms with Crippen LogP contribution < -0.4 is 5.32 Å². The number of nitrogens with one attached hydrogen (secondary N) is 1. The molecule has 0 fully saturated rings. The molecule has 0 bridgehead atoms. The van der Waals surface area contributed by atoms with Crippen molar-refractivity contribution in [3.8, 4) is 0 Å². The van der Waals surface area contributed by atoms with Gasteiger partial charge in [-0.1, -0.05) is 49.4 Å². The van der Waals surface area contributed by atoms with Crippen molar-refractivity contribution in [1.82, 2.24) is 5.32 Å². The minimum atomic E-state index is -1.46. The van der Waals surface area contributed by atoms with Crippen LogP contribution in [0, 0.1) is 0 Å². The van der Waals surface area contributed by atoms with E-state index in [-0.39, 0.29) is 6.42 Å². The van der Waals surface area contributed by atoms with Crippen molar-refractivity contribution >= 4 is 11.9 Å². The summed E-state index contributed by atoms with van der Waals surface area (Å²) in [5.74, 6) is -1.52. The molecule has 0 aliphatic heterocycles. The molecule has 0 aliphatic carbocycles. The maximum atomic E-state index is 12.6. The van der Waals surface area contributed by atoms with Gasteiger partial charge in [-0.25, -0.2) is 4.79 Å². The van der Waals surface area contributed by atoms with Gasteiger partial charge < -0.3 is 15.2 Å². The molecule has 0 heterocycles. The van der Waals surface area contributed by atoms with Gasteiger partial charge in [-0.3, -0.25) is 4.79 Å². The summed E-state index contributed by atoms with van der Waals surface area (Å²) in [7, 11) is 1.58. The molecular formula is C19H21NO4. The van der Waals surface area contributed by atoms with Gasteiger partial charge in [0.05, 0.1) is 6.61 Å². The first kappa shape index (κ1) is 17.7. The minimum Gasteiger partial charge on any atom is -0.479 e. The Labute approximate surface area is 141 Å². The molecule has 126 valence electrons. The van der Waals surface area contributed by atoms with Crippen molar-refractivity contribution in [3.05, 3.63) is 71.3 Å². The van der Waals surface area contributed by atoms with Gasteiger partial charge in [-0.2, -0.15) is 0 Å². The monoisotopic (exact) mass is 327 g/mol. The summed E-state index contributed by atoms with van der Waals surface area (Å²) in [6.45, 7) is 2.13. The van der Waals surface area contributed by atoms with Crippen LogP contribution in [0.2, 0.25) is 0 Å². The van der Waals surface area contributed by atoms with E-state index < -0.39 is 17.4 Å². The van der Waals surface area contributed by atoms with Crippen molar-refractivity contribution < 1.29 is 19.4 Å². The van der Waals surface area contributed by atoms with E-state index in [0.717, 1.165) is 5.56 Å². The van der Waals surface area contributed by atoms with Crippen LogP contribution in [0.15, 0.2) is 54.6 Å². The lowest BCUT2D eigenvalue weighted by Crippen LogP contribution is -2.51. The quantitative estimate of drug-likeness (QED) is 0.820. The zero-order valence-corrected chi connectivity index (χ0v) is 13.8. The van der Waals surface area contributed by atoms with E-state index in [2.05, 4.69) is 5.32 Å². The van der Waals surface area contributed by atoms with Gasteiger partial charge >= 0.3 is 5.97 Å². The Morgan fingerprint density at radius 2 is 1.83 bits per heavy atom. The van der Waals surface area contributed by atoms with E-state index >= 15 is 0 Å². The zero-order valence-electron chi connectivity index (χ0n) is 13.8. The van der Waals surface area contributed by atoms with Crippen molar-refractivity contribution in [2.24, 2.45) is 0 Å². The van der Waals surface area contributed by atoms with E-state index in [0.29, 0.717) is 17.7 Å². The fraction of sp³-hybridized carbons (Fsp3) is 0.263. The molecule has 2 N–H and O–H groups in total. The van der Waals surface area contributed by atoms with Crippen LogP contribution in [-0.4, -0.2) is 24.1 Å². The summed E-state index contributed by atoms with van der Waals surface area (Å²) < 4.78 is 5.07. The molecule has 0 saturated carbocycles. The molecular weight excluding hydrogens is 306 g/mol. The van der Waals surface area contributed by atoms with Crippen LogP contribution in [0.25, 0.3) is 0 Å². The van der Waals surface area contributed by atoms with E-state index in [9.17, 15) is 14.7 Å². The number of ether oxygens (including phenoxy) is 1. The van der Waals surface area contributed by atoms with E-state index in [1.165, 1.54) is 0 Å². The van der Waals surface area contributed by atoms with E-state index in [1.807, 2.05) is 12.1 Å². The number of carboxylic acids is 1. The number of carbonyl (C=O) groups excluding carboxylic acids is 1. The zero-order chi connectivity index (χ0) is 17.6. The van der Waals surface area contributed by atoms with Crippen molar-refractivity contribution in [2.45, 2.75) is 25.5 Å². The maximum absolute atomic E-state index is 12.6. The Kier molecular flexibility index (Phi) is 5.71. The molecule has 1 amide bonds. The first-order valence-electron chi connectivity index (χ1n) is 7.73. The van der Waals surface area contributed by atoms with Crippen LogP contribution in [0.4, 0.5) is 0 Å². The fourth-order valence-corrected chi connectivity index (χ4v) is 2.65. The Morgan fingerprint density at radius 3 is 2.42 bits per heavy atom. The van der Waals surface area contributed by atoms with E-state index in [1.54, 1.807) is 56.5 Å². The third-order valence-corrected chi connectivity index (χ3v) is 3.99. The number of hydrogen-bond acceptors (Lipinski definition) is 3. The topological polar surface area (TPSA) is 75.6 Å². The average molecular weight is 327 g/mol. The molecule has 24 heavy (non-hydrogen) atoms. The van der Waals surface area contributed by atoms with Gasteiger partial charge in [0.25, 0.3) is 5.91 Å². The summed E-state index contributed by atoms with van der Waals surface area (Å²) in [4.78, 5) is 24.6. The molecule has 0 saturated heterocycles. The minimum absolute atomic E-state index is 0.232. The van der Waals surface area contributed by atoms with Crippen LogP contribution >= 0.6 is 0 Å². The molecule has 0 aromatic heterocycles. The fourth-order valence-electron chi connectivity index (χ4n) is 2.65. The number of amides is 1. The van der Waals surface area contributed by atoms with Gasteiger partial charge in [0, 0.05) is 12.7 Å². The van der Waals surface area contributed by atoms with Gasteiger partial charge in [0.2, 0.25) is 0 Å². The molecule has 1 unspecified atom stereocenters. The first-order chi connectivity index (χ1) is 11.5. The predicted octanol–water partition coefficient (Wildman–Crippen LogP) is 2.95. The first-order valence-corrected chi connectivity index (χ1v) is 7.73. The largest absolute Gasteiger partial charge is 0.479 e. The highest BCUT2D eigenvalue weighted by molar-refractivity contribution is 5.98. The van der Waals surface area contributed by atoms with E-state index in [4.69, 9.17) is 4.74 Å². The Balaban J connectivity index is 2.35. The molecule has 5 nitrogen and oxygen atoms in total. The van der Waals surface area contributed by atoms with Crippen LogP contribution in [0.3, 0.4) is 0 Å². The highest BCUT2D eigenvalue weighted by atomic mass is 16.5. The average Bonchev–Trinajstić information content (AvgIpc) is 2.60. The summed E-state index contributed by atoms with van der Waals surface area (Å²) in [6, 6.07) is 15.7. The van der Waals surface area contributed by atoms with Gasteiger partial charge in [-0.15, -0.1) is 0 Å². The molecule has 2 aromatic rings. The second-order valence-corrected chi connectivity index (χ2v) is 5.52. The van der Waals surface area contributed by atoms with Crippen LogP contribution in [0.5, 0.6) is 0 Å². The Hall–Kier alpha value is -2.66. The summed E-state index contributed by atoms with van der Waals surface area (Å²) in [6.07, 6.45) is 0.232. The number of hydrogen-bond donors (Lipinski definition) is 2. The van der Waals surface area contributed by atoms with Gasteiger partial charge in [0.15, 0.2) is 5.54 Å². The van der Waals surface area contributed by atoms with Crippen molar-refractivity contribution in [3.63, 3.8) is 0 Å². The van der Waals surface area contributed by atoms with Gasteiger partial charge in [-0.05, 0) is 29.7 Å². The Morgan fingerprint density at radius 1 is 1.12 bits per heavy atom. The lowest BCUT2D eigenvalue weighted by molar-refractivity contribution is -0.145. The lowest BCUT2D eigenvalue weighted by Gasteiger charge is -2.30. The number of methoxy groups -OCH3 is 1. The molecule has 1 atom stereocenters. The molecule has 5 heteroatoms. The number of carboxylic acid groups (broad SMARTS) is 1. The van der Waals surface area contributed by atoms with Crippen LogP contribution in [0.1, 0.15) is 34.8 Å². The Bertz CT molecular complexity index is 714. The van der Waals surface area contributed by atoms with Crippen molar-refractivity contribution in [1.29, 1.82) is 0 Å². The normalized spacial score (nSPS) is 13.1. The third kappa shape index (κ3) is 3.63. The summed E-state index contributed by atoms with van der Waals surface area (Å²) >= 11 is 0. The number of rotatable bonds is 7. The van der Waals surface area contributed by atoms with Crippen molar-refractivity contribution in [2.75, 3.05) is 7.11 Å². The van der Waals surface area contributed by atoms with Crippen LogP contribution in [-0.2, 0) is 21.7 Å². The molecule has 0 spiro atoms. The summed E-state index contributed by atoms with van der Waals surface area (Å²) in [5, 5.41) is 12.5. The highest BCUT2D eigenvalue weighted by Gasteiger charge is 2.40.